The average molecular weight is 241 g/mol. The van der Waals surface area contributed by atoms with Crippen molar-refractivity contribution in [3.8, 4) is 0 Å². The highest BCUT2D eigenvalue weighted by molar-refractivity contribution is 7.88. The predicted molar refractivity (Wildman–Crippen MR) is 67.1 cm³/mol. The van der Waals surface area contributed by atoms with E-state index in [9.17, 15) is 8.42 Å². The Kier molecular flexibility index (Phi) is 4.50. The molecule has 1 aromatic rings. The molecule has 0 amide bonds. The maximum Gasteiger partial charge on any atom is 0.208 e. The fraction of sp³-hybridized carbons (Fsp3) is 0.500. The van der Waals surface area contributed by atoms with E-state index in [-0.39, 0.29) is 0 Å². The van der Waals surface area contributed by atoms with Gasteiger partial charge in [0.15, 0.2) is 0 Å². The van der Waals surface area contributed by atoms with Crippen LogP contribution in [0.4, 0.5) is 0 Å². The lowest BCUT2D eigenvalue weighted by Gasteiger charge is -2.07. The maximum absolute atomic E-state index is 10.9. The summed E-state index contributed by atoms with van der Waals surface area (Å²) in [5, 5.41) is 0. The minimum atomic E-state index is -3.07. The Morgan fingerprint density at radius 3 is 2.19 bits per heavy atom. The molecule has 0 aliphatic heterocycles. The van der Waals surface area contributed by atoms with Crippen LogP contribution in [-0.4, -0.2) is 21.2 Å². The monoisotopic (exact) mass is 241 g/mol. The Bertz CT molecular complexity index is 421. The molecule has 0 atom stereocenters. The summed E-state index contributed by atoms with van der Waals surface area (Å²) in [6, 6.07) is 8.31. The van der Waals surface area contributed by atoms with E-state index in [0.717, 1.165) is 12.0 Å². The third-order valence-electron chi connectivity index (χ3n) is 2.42. The number of sulfonamides is 1. The van der Waals surface area contributed by atoms with Crippen molar-refractivity contribution < 1.29 is 8.42 Å². The number of rotatable bonds is 5. The van der Waals surface area contributed by atoms with Crippen LogP contribution in [0.3, 0.4) is 0 Å². The third kappa shape index (κ3) is 4.77. The highest BCUT2D eigenvalue weighted by atomic mass is 32.2. The summed E-state index contributed by atoms with van der Waals surface area (Å²) in [7, 11) is -3.07. The van der Waals surface area contributed by atoms with Crippen molar-refractivity contribution in [2.45, 2.75) is 26.2 Å². The Morgan fingerprint density at radius 1 is 1.19 bits per heavy atom. The van der Waals surface area contributed by atoms with Gasteiger partial charge in [0.2, 0.25) is 10.0 Å². The highest BCUT2D eigenvalue weighted by Crippen LogP contribution is 2.14. The predicted octanol–water partition coefficient (Wildman–Crippen LogP) is 1.90. The van der Waals surface area contributed by atoms with Gasteiger partial charge in [-0.15, -0.1) is 0 Å². The Morgan fingerprint density at radius 2 is 1.75 bits per heavy atom. The Balaban J connectivity index is 2.50. The van der Waals surface area contributed by atoms with Crippen molar-refractivity contribution in [2.75, 3.05) is 12.8 Å². The molecule has 90 valence electrons. The molecule has 0 bridgehead atoms. The quantitative estimate of drug-likeness (QED) is 0.856. The van der Waals surface area contributed by atoms with Crippen molar-refractivity contribution >= 4 is 10.0 Å². The zero-order valence-electron chi connectivity index (χ0n) is 10.0. The van der Waals surface area contributed by atoms with Crippen LogP contribution in [0.1, 0.15) is 30.9 Å². The Hall–Kier alpha value is -0.870. The summed E-state index contributed by atoms with van der Waals surface area (Å²) in [6.45, 7) is 4.76. The average Bonchev–Trinajstić information content (AvgIpc) is 2.16. The van der Waals surface area contributed by atoms with Gasteiger partial charge in [-0.2, -0.15) is 0 Å². The first-order valence-electron chi connectivity index (χ1n) is 5.42. The van der Waals surface area contributed by atoms with Crippen LogP contribution >= 0.6 is 0 Å². The van der Waals surface area contributed by atoms with E-state index >= 15 is 0 Å². The van der Waals surface area contributed by atoms with Crippen molar-refractivity contribution in [1.82, 2.24) is 4.72 Å². The van der Waals surface area contributed by atoms with Crippen LogP contribution in [0.2, 0.25) is 0 Å². The minimum absolute atomic E-state index is 0.458. The summed E-state index contributed by atoms with van der Waals surface area (Å²) < 4.78 is 24.2. The standard InChI is InChI=1S/C12H19NO2S/c1-10(2)12-6-4-11(5-7-12)8-9-13-16(3,14)15/h4-7,10,13H,8-9H2,1-3H3. The normalized spacial score (nSPS) is 12.0. The zero-order valence-corrected chi connectivity index (χ0v) is 10.8. The molecule has 16 heavy (non-hydrogen) atoms. The van der Waals surface area contributed by atoms with Gasteiger partial charge in [-0.3, -0.25) is 0 Å². The second-order valence-electron chi connectivity index (χ2n) is 4.31. The van der Waals surface area contributed by atoms with Gasteiger partial charge in [-0.1, -0.05) is 38.1 Å². The van der Waals surface area contributed by atoms with E-state index in [1.807, 2.05) is 0 Å². The highest BCUT2D eigenvalue weighted by Gasteiger charge is 2.01. The molecule has 1 N–H and O–H groups in total. The minimum Gasteiger partial charge on any atom is -0.215 e. The number of nitrogens with one attached hydrogen (secondary N) is 1. The number of hydrogen-bond donors (Lipinski definition) is 1. The third-order valence-corrected chi connectivity index (χ3v) is 3.15. The van der Waals surface area contributed by atoms with Crippen LogP contribution in [0.25, 0.3) is 0 Å². The molecule has 3 nitrogen and oxygen atoms in total. The van der Waals surface area contributed by atoms with Crippen LogP contribution in [-0.2, 0) is 16.4 Å². The van der Waals surface area contributed by atoms with Crippen LogP contribution < -0.4 is 4.72 Å². The molecular weight excluding hydrogens is 222 g/mol. The fourth-order valence-corrected chi connectivity index (χ4v) is 1.92. The molecule has 0 aliphatic carbocycles. The summed E-state index contributed by atoms with van der Waals surface area (Å²) in [5.41, 5.74) is 2.46. The van der Waals surface area contributed by atoms with Gasteiger partial charge in [0.1, 0.15) is 0 Å². The lowest BCUT2D eigenvalue weighted by atomic mass is 10.0. The first-order valence-corrected chi connectivity index (χ1v) is 7.31. The summed E-state index contributed by atoms with van der Waals surface area (Å²) in [4.78, 5) is 0. The fourth-order valence-electron chi connectivity index (χ4n) is 1.45. The zero-order chi connectivity index (χ0) is 12.2. The molecule has 0 spiro atoms. The summed E-state index contributed by atoms with van der Waals surface area (Å²) in [6.07, 6.45) is 1.90. The largest absolute Gasteiger partial charge is 0.215 e. The SMILES string of the molecule is CC(C)c1ccc(CCNS(C)(=O)=O)cc1. The summed E-state index contributed by atoms with van der Waals surface area (Å²) in [5.74, 6) is 0.531. The first kappa shape index (κ1) is 13.2. The molecule has 0 aromatic heterocycles. The van der Waals surface area contributed by atoms with Crippen LogP contribution in [0.5, 0.6) is 0 Å². The number of benzene rings is 1. The molecule has 0 heterocycles. The van der Waals surface area contributed by atoms with E-state index in [1.54, 1.807) is 0 Å². The van der Waals surface area contributed by atoms with Gasteiger partial charge in [0.25, 0.3) is 0 Å². The second kappa shape index (κ2) is 5.46. The molecule has 0 radical (unpaired) electrons. The molecule has 0 saturated heterocycles. The van der Waals surface area contributed by atoms with E-state index in [0.29, 0.717) is 12.5 Å². The molecule has 1 rings (SSSR count). The number of hydrogen-bond acceptors (Lipinski definition) is 2. The maximum atomic E-state index is 10.9. The van der Waals surface area contributed by atoms with Crippen molar-refractivity contribution in [1.29, 1.82) is 0 Å². The van der Waals surface area contributed by atoms with Gasteiger partial charge >= 0.3 is 0 Å². The van der Waals surface area contributed by atoms with Gasteiger partial charge in [0.05, 0.1) is 6.26 Å². The van der Waals surface area contributed by atoms with Crippen molar-refractivity contribution in [2.24, 2.45) is 0 Å². The van der Waals surface area contributed by atoms with Crippen molar-refractivity contribution in [3.63, 3.8) is 0 Å². The van der Waals surface area contributed by atoms with E-state index in [1.165, 1.54) is 11.8 Å². The Labute approximate surface area is 97.9 Å². The van der Waals surface area contributed by atoms with Crippen LogP contribution in [0.15, 0.2) is 24.3 Å². The van der Waals surface area contributed by atoms with Gasteiger partial charge in [-0.05, 0) is 23.5 Å². The smallest absolute Gasteiger partial charge is 0.208 e. The van der Waals surface area contributed by atoms with Crippen molar-refractivity contribution in [3.05, 3.63) is 35.4 Å². The van der Waals surface area contributed by atoms with Gasteiger partial charge in [0, 0.05) is 6.54 Å². The second-order valence-corrected chi connectivity index (χ2v) is 6.15. The molecular formula is C12H19NO2S. The van der Waals surface area contributed by atoms with E-state index < -0.39 is 10.0 Å². The first-order chi connectivity index (χ1) is 7.38. The molecule has 0 fully saturated rings. The van der Waals surface area contributed by atoms with E-state index in [4.69, 9.17) is 0 Å². The molecule has 0 unspecified atom stereocenters. The molecule has 0 aliphatic rings. The molecule has 1 aromatic carbocycles. The van der Waals surface area contributed by atoms with Gasteiger partial charge < -0.3 is 0 Å². The topological polar surface area (TPSA) is 46.2 Å². The van der Waals surface area contributed by atoms with Crippen LogP contribution in [0, 0.1) is 0 Å². The summed E-state index contributed by atoms with van der Waals surface area (Å²) >= 11 is 0. The lowest BCUT2D eigenvalue weighted by Crippen LogP contribution is -2.24. The van der Waals surface area contributed by atoms with Gasteiger partial charge in [-0.25, -0.2) is 13.1 Å². The lowest BCUT2D eigenvalue weighted by molar-refractivity contribution is 0.588. The molecule has 0 saturated carbocycles. The molecule has 4 heteroatoms. The van der Waals surface area contributed by atoms with E-state index in [2.05, 4.69) is 42.8 Å².